The van der Waals surface area contributed by atoms with E-state index in [1.165, 1.54) is 0 Å². The average Bonchev–Trinajstić information content (AvgIpc) is 2.61. The van der Waals surface area contributed by atoms with Gasteiger partial charge in [0.25, 0.3) is 0 Å². The third-order valence-corrected chi connectivity index (χ3v) is 2.34. The van der Waals surface area contributed by atoms with E-state index >= 15 is 0 Å². The fraction of sp³-hybridized carbons (Fsp3) is 0.250. The topological polar surface area (TPSA) is 26.3 Å². The summed E-state index contributed by atoms with van der Waals surface area (Å²) in [6, 6.07) is 7.89. The van der Waals surface area contributed by atoms with Crippen molar-refractivity contribution < 1.29 is 9.53 Å². The van der Waals surface area contributed by atoms with E-state index in [-0.39, 0.29) is 11.9 Å². The Hall–Kier alpha value is -1.57. The van der Waals surface area contributed by atoms with Crippen LogP contribution in [0, 0.1) is 0 Å². The Balaban J connectivity index is 2.26. The van der Waals surface area contributed by atoms with Crippen molar-refractivity contribution in [2.75, 3.05) is 6.61 Å². The molecule has 1 aliphatic carbocycles. The molecule has 0 spiro atoms. The molecule has 1 aromatic carbocycles. The molecule has 0 N–H and O–H groups in total. The van der Waals surface area contributed by atoms with Crippen LogP contribution in [0.5, 0.6) is 0 Å². The highest BCUT2D eigenvalue weighted by molar-refractivity contribution is 5.86. The average molecular weight is 188 g/mol. The molecular formula is C12H12O2. The zero-order valence-electron chi connectivity index (χ0n) is 8.07. The molecule has 1 aromatic rings. The number of carbonyl (C=O) groups is 1. The number of hydrogen-bond donors (Lipinski definition) is 0. The minimum absolute atomic E-state index is 0.159. The van der Waals surface area contributed by atoms with Crippen molar-refractivity contribution in [1.29, 1.82) is 0 Å². The monoisotopic (exact) mass is 188 g/mol. The molecule has 0 aliphatic heterocycles. The summed E-state index contributed by atoms with van der Waals surface area (Å²) in [6.45, 7) is 2.26. The van der Waals surface area contributed by atoms with E-state index in [9.17, 15) is 4.79 Å². The van der Waals surface area contributed by atoms with Gasteiger partial charge in [0.1, 0.15) is 5.92 Å². The number of esters is 1. The third-order valence-electron chi connectivity index (χ3n) is 2.34. The Labute approximate surface area is 83.2 Å². The highest BCUT2D eigenvalue weighted by atomic mass is 16.5. The first kappa shape index (κ1) is 9.00. The number of rotatable bonds is 2. The van der Waals surface area contributed by atoms with Gasteiger partial charge in [0.05, 0.1) is 6.61 Å². The van der Waals surface area contributed by atoms with E-state index in [1.54, 1.807) is 0 Å². The zero-order chi connectivity index (χ0) is 9.97. The van der Waals surface area contributed by atoms with Crippen molar-refractivity contribution >= 4 is 12.0 Å². The number of ether oxygens (including phenoxy) is 1. The zero-order valence-corrected chi connectivity index (χ0v) is 8.07. The lowest BCUT2D eigenvalue weighted by molar-refractivity contribution is -0.143. The van der Waals surface area contributed by atoms with Gasteiger partial charge in [-0.25, -0.2) is 0 Å². The van der Waals surface area contributed by atoms with Crippen molar-refractivity contribution in [3.05, 3.63) is 41.5 Å². The highest BCUT2D eigenvalue weighted by Crippen LogP contribution is 2.30. The van der Waals surface area contributed by atoms with Crippen LogP contribution in [0.15, 0.2) is 30.3 Å². The molecule has 2 heteroatoms. The van der Waals surface area contributed by atoms with E-state index in [4.69, 9.17) is 4.74 Å². The van der Waals surface area contributed by atoms with Gasteiger partial charge in [0.2, 0.25) is 0 Å². The van der Waals surface area contributed by atoms with Gasteiger partial charge < -0.3 is 4.74 Å². The molecule has 0 saturated heterocycles. The molecule has 0 radical (unpaired) electrons. The van der Waals surface area contributed by atoms with E-state index in [0.29, 0.717) is 6.61 Å². The Morgan fingerprint density at radius 1 is 1.43 bits per heavy atom. The quantitative estimate of drug-likeness (QED) is 0.666. The Kier molecular flexibility index (Phi) is 2.35. The number of hydrogen-bond acceptors (Lipinski definition) is 2. The molecule has 1 atom stereocenters. The van der Waals surface area contributed by atoms with E-state index in [0.717, 1.165) is 11.1 Å². The van der Waals surface area contributed by atoms with Crippen LogP contribution in [0.3, 0.4) is 0 Å². The fourth-order valence-corrected chi connectivity index (χ4v) is 1.69. The van der Waals surface area contributed by atoms with E-state index in [2.05, 4.69) is 0 Å². The predicted molar refractivity (Wildman–Crippen MR) is 54.9 cm³/mol. The second-order valence-electron chi connectivity index (χ2n) is 3.22. The van der Waals surface area contributed by atoms with Gasteiger partial charge in [-0.15, -0.1) is 0 Å². The largest absolute Gasteiger partial charge is 0.465 e. The van der Waals surface area contributed by atoms with Gasteiger partial charge in [0.15, 0.2) is 0 Å². The number of benzene rings is 1. The first-order chi connectivity index (χ1) is 6.83. The molecule has 0 bridgehead atoms. The van der Waals surface area contributed by atoms with Crippen LogP contribution in [-0.2, 0) is 9.53 Å². The lowest BCUT2D eigenvalue weighted by Gasteiger charge is -2.09. The van der Waals surface area contributed by atoms with Crippen LogP contribution in [0.25, 0.3) is 6.08 Å². The smallest absolute Gasteiger partial charge is 0.317 e. The summed E-state index contributed by atoms with van der Waals surface area (Å²) in [5.74, 6) is -0.361. The molecule has 1 unspecified atom stereocenters. The summed E-state index contributed by atoms with van der Waals surface area (Å²) in [7, 11) is 0. The summed E-state index contributed by atoms with van der Waals surface area (Å²) in [5.41, 5.74) is 2.16. The minimum Gasteiger partial charge on any atom is -0.465 e. The Morgan fingerprint density at radius 2 is 2.21 bits per heavy atom. The third kappa shape index (κ3) is 1.43. The highest BCUT2D eigenvalue weighted by Gasteiger charge is 2.24. The molecule has 72 valence electrons. The second kappa shape index (κ2) is 3.66. The van der Waals surface area contributed by atoms with Crippen molar-refractivity contribution in [3.8, 4) is 0 Å². The lowest BCUT2D eigenvalue weighted by Crippen LogP contribution is -2.12. The first-order valence-corrected chi connectivity index (χ1v) is 4.76. The fourth-order valence-electron chi connectivity index (χ4n) is 1.69. The molecule has 1 aliphatic rings. The Bertz CT molecular complexity index is 380. The maximum Gasteiger partial charge on any atom is 0.317 e. The van der Waals surface area contributed by atoms with Crippen molar-refractivity contribution in [3.63, 3.8) is 0 Å². The van der Waals surface area contributed by atoms with Crippen LogP contribution in [-0.4, -0.2) is 12.6 Å². The van der Waals surface area contributed by atoms with Crippen LogP contribution in [0.2, 0.25) is 0 Å². The van der Waals surface area contributed by atoms with E-state index in [1.807, 2.05) is 43.3 Å². The first-order valence-electron chi connectivity index (χ1n) is 4.76. The molecule has 2 rings (SSSR count). The van der Waals surface area contributed by atoms with Crippen LogP contribution in [0.1, 0.15) is 24.0 Å². The van der Waals surface area contributed by atoms with Crippen molar-refractivity contribution in [1.82, 2.24) is 0 Å². The van der Waals surface area contributed by atoms with Crippen molar-refractivity contribution in [2.45, 2.75) is 12.8 Å². The SMILES string of the molecule is CCOC(=O)C1C=Cc2ccccc21. The summed E-state index contributed by atoms with van der Waals surface area (Å²) in [5, 5.41) is 0. The molecule has 0 saturated carbocycles. The van der Waals surface area contributed by atoms with Gasteiger partial charge in [-0.05, 0) is 18.1 Å². The molecule has 0 heterocycles. The van der Waals surface area contributed by atoms with Gasteiger partial charge in [-0.2, -0.15) is 0 Å². The number of carbonyl (C=O) groups excluding carboxylic acids is 1. The predicted octanol–water partition coefficient (Wildman–Crippen LogP) is 2.36. The number of fused-ring (bicyclic) bond motifs is 1. The summed E-state index contributed by atoms with van der Waals surface area (Å²) in [6.07, 6.45) is 3.86. The van der Waals surface area contributed by atoms with E-state index < -0.39 is 0 Å². The van der Waals surface area contributed by atoms with Crippen molar-refractivity contribution in [2.24, 2.45) is 0 Å². The van der Waals surface area contributed by atoms with Crippen LogP contribution in [0.4, 0.5) is 0 Å². The Morgan fingerprint density at radius 3 is 3.00 bits per heavy atom. The molecule has 0 amide bonds. The lowest BCUT2D eigenvalue weighted by atomic mass is 10.0. The summed E-state index contributed by atoms with van der Waals surface area (Å²) in [4.78, 5) is 11.5. The van der Waals surface area contributed by atoms with Gasteiger partial charge in [-0.3, -0.25) is 4.79 Å². The maximum atomic E-state index is 11.5. The minimum atomic E-state index is -0.203. The molecule has 14 heavy (non-hydrogen) atoms. The molecular weight excluding hydrogens is 176 g/mol. The normalized spacial score (nSPS) is 17.9. The molecule has 0 aromatic heterocycles. The standard InChI is InChI=1S/C12H12O2/c1-2-14-12(13)11-8-7-9-5-3-4-6-10(9)11/h3-8,11H,2H2,1H3. The van der Waals surface area contributed by atoms with Crippen LogP contribution < -0.4 is 0 Å². The second-order valence-corrected chi connectivity index (χ2v) is 3.22. The van der Waals surface area contributed by atoms with Gasteiger partial charge >= 0.3 is 5.97 Å². The molecule has 2 nitrogen and oxygen atoms in total. The summed E-state index contributed by atoms with van der Waals surface area (Å²) < 4.78 is 4.99. The summed E-state index contributed by atoms with van der Waals surface area (Å²) >= 11 is 0. The van der Waals surface area contributed by atoms with Gasteiger partial charge in [-0.1, -0.05) is 36.4 Å². The van der Waals surface area contributed by atoms with Crippen LogP contribution >= 0.6 is 0 Å². The maximum absolute atomic E-state index is 11.5. The molecule has 0 fully saturated rings. The van der Waals surface area contributed by atoms with Gasteiger partial charge in [0, 0.05) is 0 Å².